The topological polar surface area (TPSA) is 44.9 Å². The van der Waals surface area contributed by atoms with Crippen LogP contribution in [-0.4, -0.2) is 10.9 Å². The molecule has 0 atom stereocenters. The monoisotopic (exact) mass is 352 g/mol. The van der Waals surface area contributed by atoms with Crippen LogP contribution in [0.4, 0.5) is 5.69 Å². The largest absolute Gasteiger partial charge is 0.360 e. The van der Waals surface area contributed by atoms with Gasteiger partial charge in [-0.2, -0.15) is 0 Å². The number of halogens is 1. The van der Waals surface area contributed by atoms with Crippen LogP contribution in [-0.2, 0) is 4.79 Å². The Bertz CT molecular complexity index is 953. The molecule has 22 heavy (non-hydrogen) atoms. The Morgan fingerprint density at radius 3 is 2.91 bits per heavy atom. The highest BCUT2D eigenvalue weighted by Gasteiger charge is 2.24. The van der Waals surface area contributed by atoms with Crippen molar-refractivity contribution in [3.8, 4) is 0 Å². The van der Waals surface area contributed by atoms with Gasteiger partial charge in [0.2, 0.25) is 0 Å². The molecule has 108 valence electrons. The molecule has 4 heteroatoms. The summed E-state index contributed by atoms with van der Waals surface area (Å²) in [5.74, 6) is -0.0601. The number of carbonyl (C=O) groups is 1. The van der Waals surface area contributed by atoms with Crippen LogP contribution in [0.25, 0.3) is 22.6 Å². The lowest BCUT2D eigenvalue weighted by Gasteiger charge is -1.99. The van der Waals surface area contributed by atoms with Crippen LogP contribution in [0.3, 0.4) is 0 Å². The number of rotatable bonds is 1. The first kappa shape index (κ1) is 13.3. The average Bonchev–Trinajstić information content (AvgIpc) is 3.02. The third-order valence-corrected chi connectivity index (χ3v) is 4.51. The number of fused-ring (bicyclic) bond motifs is 2. The van der Waals surface area contributed by atoms with Crippen molar-refractivity contribution in [3.05, 3.63) is 63.8 Å². The van der Waals surface area contributed by atoms with E-state index in [4.69, 9.17) is 0 Å². The highest BCUT2D eigenvalue weighted by Crippen LogP contribution is 2.36. The van der Waals surface area contributed by atoms with Gasteiger partial charge in [-0.25, -0.2) is 0 Å². The summed E-state index contributed by atoms with van der Waals surface area (Å²) in [5, 5.41) is 4.04. The normalized spacial score (nSPS) is 15.4. The lowest BCUT2D eigenvalue weighted by molar-refractivity contribution is -0.110. The fraction of sp³-hybridized carbons (Fsp3) is 0.0556. The van der Waals surface area contributed by atoms with Gasteiger partial charge in [0, 0.05) is 38.3 Å². The molecular weight excluding hydrogens is 340 g/mol. The van der Waals surface area contributed by atoms with E-state index in [9.17, 15) is 4.79 Å². The highest BCUT2D eigenvalue weighted by atomic mass is 79.9. The number of hydrogen-bond donors (Lipinski definition) is 2. The highest BCUT2D eigenvalue weighted by molar-refractivity contribution is 9.10. The lowest BCUT2D eigenvalue weighted by Crippen LogP contribution is -2.03. The van der Waals surface area contributed by atoms with Gasteiger partial charge in [0.1, 0.15) is 0 Å². The Morgan fingerprint density at radius 1 is 1.18 bits per heavy atom. The van der Waals surface area contributed by atoms with Gasteiger partial charge >= 0.3 is 0 Å². The number of aromatic nitrogens is 1. The minimum atomic E-state index is -0.0601. The van der Waals surface area contributed by atoms with Gasteiger partial charge in [-0.15, -0.1) is 0 Å². The quantitative estimate of drug-likeness (QED) is 0.611. The molecule has 0 unspecified atom stereocenters. The third kappa shape index (κ3) is 1.99. The van der Waals surface area contributed by atoms with Crippen LogP contribution in [0, 0.1) is 6.92 Å². The Labute approximate surface area is 136 Å². The van der Waals surface area contributed by atoms with E-state index in [-0.39, 0.29) is 5.91 Å². The molecule has 0 radical (unpaired) electrons. The first-order chi connectivity index (χ1) is 10.6. The van der Waals surface area contributed by atoms with Crippen molar-refractivity contribution in [1.82, 2.24) is 4.98 Å². The standard InChI is InChI=1S/C18H13BrN2O/c1-10-3-2-4-13-11(9-20-17(10)13)7-15-14-6-5-12(19)8-16(14)21-18(15)22/h2-9,20H,1H3,(H,21,22)/b15-7-. The van der Waals surface area contributed by atoms with Gasteiger partial charge in [-0.1, -0.05) is 40.2 Å². The molecule has 1 aliphatic heterocycles. The SMILES string of the molecule is Cc1cccc2c(/C=C3\C(=O)Nc4cc(Br)ccc43)c[nH]c12. The van der Waals surface area contributed by atoms with Crippen molar-refractivity contribution < 1.29 is 4.79 Å². The van der Waals surface area contributed by atoms with Gasteiger partial charge < -0.3 is 10.3 Å². The zero-order chi connectivity index (χ0) is 15.3. The molecule has 1 aromatic heterocycles. The Morgan fingerprint density at radius 2 is 2.05 bits per heavy atom. The van der Waals surface area contributed by atoms with E-state index in [0.717, 1.165) is 32.2 Å². The number of aromatic amines is 1. The zero-order valence-electron chi connectivity index (χ0n) is 11.9. The van der Waals surface area contributed by atoms with Gasteiger partial charge in [-0.3, -0.25) is 4.79 Å². The summed E-state index contributed by atoms with van der Waals surface area (Å²) in [6, 6.07) is 12.0. The fourth-order valence-corrected chi connectivity index (χ4v) is 3.27. The van der Waals surface area contributed by atoms with E-state index in [1.807, 2.05) is 36.5 Å². The van der Waals surface area contributed by atoms with Crippen molar-refractivity contribution in [2.24, 2.45) is 0 Å². The summed E-state index contributed by atoms with van der Waals surface area (Å²) in [4.78, 5) is 15.6. The Hall–Kier alpha value is -2.33. The van der Waals surface area contributed by atoms with Crippen LogP contribution < -0.4 is 5.32 Å². The Kier molecular flexibility index (Phi) is 2.94. The molecule has 0 aliphatic carbocycles. The molecule has 0 fully saturated rings. The van der Waals surface area contributed by atoms with Crippen LogP contribution in [0.15, 0.2) is 47.1 Å². The van der Waals surface area contributed by atoms with E-state index < -0.39 is 0 Å². The van der Waals surface area contributed by atoms with Gasteiger partial charge in [0.15, 0.2) is 0 Å². The summed E-state index contributed by atoms with van der Waals surface area (Å²) in [5.41, 5.74) is 5.83. The summed E-state index contributed by atoms with van der Waals surface area (Å²) < 4.78 is 0.954. The first-order valence-electron chi connectivity index (χ1n) is 7.03. The smallest absolute Gasteiger partial charge is 0.256 e. The van der Waals surface area contributed by atoms with Gasteiger partial charge in [-0.05, 0) is 30.7 Å². The minimum Gasteiger partial charge on any atom is -0.360 e. The molecule has 0 spiro atoms. The van der Waals surface area contributed by atoms with E-state index in [2.05, 4.69) is 45.3 Å². The van der Waals surface area contributed by atoms with Crippen LogP contribution in [0.1, 0.15) is 16.7 Å². The summed E-state index contributed by atoms with van der Waals surface area (Å²) in [6.45, 7) is 2.07. The number of amides is 1. The number of nitrogens with one attached hydrogen (secondary N) is 2. The maximum atomic E-state index is 12.3. The van der Waals surface area contributed by atoms with Crippen molar-refractivity contribution in [2.45, 2.75) is 6.92 Å². The second-order valence-electron chi connectivity index (χ2n) is 5.44. The predicted molar refractivity (Wildman–Crippen MR) is 93.7 cm³/mol. The number of para-hydroxylation sites is 1. The van der Waals surface area contributed by atoms with E-state index >= 15 is 0 Å². The van der Waals surface area contributed by atoms with Crippen LogP contribution in [0.2, 0.25) is 0 Å². The lowest BCUT2D eigenvalue weighted by atomic mass is 10.0. The predicted octanol–water partition coefficient (Wildman–Crippen LogP) is 4.73. The average molecular weight is 353 g/mol. The summed E-state index contributed by atoms with van der Waals surface area (Å²) >= 11 is 3.43. The molecule has 1 aliphatic rings. The second kappa shape index (κ2) is 4.85. The third-order valence-electron chi connectivity index (χ3n) is 4.02. The number of carbonyl (C=O) groups excluding carboxylic acids is 1. The molecule has 3 nitrogen and oxygen atoms in total. The van der Waals surface area contributed by atoms with E-state index in [1.165, 1.54) is 5.56 Å². The van der Waals surface area contributed by atoms with Gasteiger partial charge in [0.25, 0.3) is 5.91 Å². The number of aryl methyl sites for hydroxylation is 1. The second-order valence-corrected chi connectivity index (χ2v) is 6.36. The van der Waals surface area contributed by atoms with Crippen molar-refractivity contribution >= 4 is 50.1 Å². The summed E-state index contributed by atoms with van der Waals surface area (Å²) in [7, 11) is 0. The van der Waals surface area contributed by atoms with E-state index in [1.54, 1.807) is 0 Å². The van der Waals surface area contributed by atoms with Gasteiger partial charge in [0.05, 0.1) is 5.69 Å². The molecule has 0 saturated heterocycles. The number of hydrogen-bond acceptors (Lipinski definition) is 1. The minimum absolute atomic E-state index is 0.0601. The molecule has 4 rings (SSSR count). The molecule has 0 saturated carbocycles. The number of anilines is 1. The van der Waals surface area contributed by atoms with Crippen LogP contribution in [0.5, 0.6) is 0 Å². The zero-order valence-corrected chi connectivity index (χ0v) is 13.5. The maximum absolute atomic E-state index is 12.3. The Balaban J connectivity index is 1.89. The molecular formula is C18H13BrN2O. The molecule has 1 amide bonds. The van der Waals surface area contributed by atoms with Crippen LogP contribution >= 0.6 is 15.9 Å². The molecule has 0 bridgehead atoms. The summed E-state index contributed by atoms with van der Waals surface area (Å²) in [6.07, 6.45) is 3.90. The van der Waals surface area contributed by atoms with Crippen molar-refractivity contribution in [3.63, 3.8) is 0 Å². The number of H-pyrrole nitrogens is 1. The number of benzene rings is 2. The molecule has 2 heterocycles. The van der Waals surface area contributed by atoms with Crippen molar-refractivity contribution in [1.29, 1.82) is 0 Å². The molecule has 2 N–H and O–H groups in total. The molecule has 2 aromatic carbocycles. The van der Waals surface area contributed by atoms with Crippen molar-refractivity contribution in [2.75, 3.05) is 5.32 Å². The fourth-order valence-electron chi connectivity index (χ4n) is 2.91. The van der Waals surface area contributed by atoms with E-state index in [0.29, 0.717) is 5.57 Å². The maximum Gasteiger partial charge on any atom is 0.256 e. The molecule has 3 aromatic rings. The first-order valence-corrected chi connectivity index (χ1v) is 7.82.